The first-order valence-electron chi connectivity index (χ1n) is 6.17. The molecule has 1 nitrogen and oxygen atoms in total. The van der Waals surface area contributed by atoms with E-state index in [0.29, 0.717) is 25.7 Å². The topological polar surface area (TPSA) is 12.0 Å². The first kappa shape index (κ1) is 15.9. The van der Waals surface area contributed by atoms with Gasteiger partial charge in [0.15, 0.2) is 0 Å². The SMILES string of the molecule is CCNCc1ccc(-c2c(Cl)cc(Cl)cc2Cl)c(Cl)c1. The van der Waals surface area contributed by atoms with Crippen LogP contribution in [0.3, 0.4) is 0 Å². The number of nitrogens with one attached hydrogen (secondary N) is 1. The van der Waals surface area contributed by atoms with Crippen molar-refractivity contribution in [3.63, 3.8) is 0 Å². The average Bonchev–Trinajstić information content (AvgIpc) is 2.37. The van der Waals surface area contributed by atoms with Gasteiger partial charge in [0.25, 0.3) is 0 Å². The highest BCUT2D eigenvalue weighted by atomic mass is 35.5. The maximum absolute atomic E-state index is 6.35. The normalized spacial score (nSPS) is 10.8. The quantitative estimate of drug-likeness (QED) is 0.706. The lowest BCUT2D eigenvalue weighted by molar-refractivity contribution is 0.727. The molecule has 0 saturated carbocycles. The Kier molecular flexibility index (Phi) is 5.59. The average molecular weight is 349 g/mol. The third kappa shape index (κ3) is 3.60. The van der Waals surface area contributed by atoms with Crippen LogP contribution in [0.1, 0.15) is 12.5 Å². The van der Waals surface area contributed by atoms with Crippen LogP contribution < -0.4 is 5.32 Å². The number of benzene rings is 2. The predicted molar refractivity (Wildman–Crippen MR) is 89.3 cm³/mol. The van der Waals surface area contributed by atoms with Crippen LogP contribution in [0.25, 0.3) is 11.1 Å². The monoisotopic (exact) mass is 347 g/mol. The van der Waals surface area contributed by atoms with Crippen molar-refractivity contribution in [2.45, 2.75) is 13.5 Å². The Balaban J connectivity index is 2.44. The van der Waals surface area contributed by atoms with Gasteiger partial charge in [-0.3, -0.25) is 0 Å². The number of halogens is 4. The van der Waals surface area contributed by atoms with Gasteiger partial charge in [-0.2, -0.15) is 0 Å². The summed E-state index contributed by atoms with van der Waals surface area (Å²) in [6, 6.07) is 9.17. The summed E-state index contributed by atoms with van der Waals surface area (Å²) in [6.07, 6.45) is 0. The van der Waals surface area contributed by atoms with E-state index in [-0.39, 0.29) is 0 Å². The summed E-state index contributed by atoms with van der Waals surface area (Å²) in [7, 11) is 0. The minimum atomic E-state index is 0.490. The van der Waals surface area contributed by atoms with Crippen LogP contribution in [0, 0.1) is 0 Å². The van der Waals surface area contributed by atoms with E-state index in [9.17, 15) is 0 Å². The van der Waals surface area contributed by atoms with Gasteiger partial charge in [-0.15, -0.1) is 0 Å². The predicted octanol–water partition coefficient (Wildman–Crippen LogP) is 6.08. The van der Waals surface area contributed by atoms with Gasteiger partial charge >= 0.3 is 0 Å². The van der Waals surface area contributed by atoms with E-state index in [0.717, 1.165) is 24.2 Å². The molecular formula is C15H13Cl4N. The van der Waals surface area contributed by atoms with Gasteiger partial charge in [-0.1, -0.05) is 65.5 Å². The molecule has 0 aliphatic heterocycles. The molecule has 0 unspecified atom stereocenters. The Morgan fingerprint density at radius 2 is 1.55 bits per heavy atom. The lowest BCUT2D eigenvalue weighted by atomic mass is 10.0. The molecule has 0 amide bonds. The summed E-state index contributed by atoms with van der Waals surface area (Å²) in [5, 5.41) is 5.35. The van der Waals surface area contributed by atoms with Gasteiger partial charge in [-0.05, 0) is 30.3 Å². The molecule has 0 bridgehead atoms. The lowest BCUT2D eigenvalue weighted by Gasteiger charge is -2.11. The van der Waals surface area contributed by atoms with Crippen molar-refractivity contribution in [1.29, 1.82) is 0 Å². The second-order valence-electron chi connectivity index (χ2n) is 4.34. The van der Waals surface area contributed by atoms with Gasteiger partial charge < -0.3 is 5.32 Å². The van der Waals surface area contributed by atoms with Gasteiger partial charge in [-0.25, -0.2) is 0 Å². The molecule has 0 saturated heterocycles. The molecule has 106 valence electrons. The summed E-state index contributed by atoms with van der Waals surface area (Å²) < 4.78 is 0. The minimum absolute atomic E-state index is 0.490. The van der Waals surface area contributed by atoms with Crippen LogP contribution >= 0.6 is 46.4 Å². The Hall–Kier alpha value is -0.440. The first-order chi connectivity index (χ1) is 9.52. The van der Waals surface area contributed by atoms with Gasteiger partial charge in [0.05, 0.1) is 10.0 Å². The number of hydrogen-bond acceptors (Lipinski definition) is 1. The highest BCUT2D eigenvalue weighted by Crippen LogP contribution is 2.40. The molecule has 2 rings (SSSR count). The van der Waals surface area contributed by atoms with Gasteiger partial charge in [0.2, 0.25) is 0 Å². The lowest BCUT2D eigenvalue weighted by Crippen LogP contribution is -2.11. The van der Waals surface area contributed by atoms with Gasteiger partial charge in [0.1, 0.15) is 0 Å². The van der Waals surface area contributed by atoms with E-state index in [1.807, 2.05) is 18.2 Å². The van der Waals surface area contributed by atoms with Crippen LogP contribution in [-0.4, -0.2) is 6.54 Å². The zero-order valence-electron chi connectivity index (χ0n) is 10.8. The first-order valence-corrected chi connectivity index (χ1v) is 7.68. The summed E-state index contributed by atoms with van der Waals surface area (Å²) in [5.41, 5.74) is 2.62. The van der Waals surface area contributed by atoms with Crippen LogP contribution in [0.2, 0.25) is 20.1 Å². The Morgan fingerprint density at radius 3 is 2.10 bits per heavy atom. The fourth-order valence-electron chi connectivity index (χ4n) is 1.94. The van der Waals surface area contributed by atoms with E-state index >= 15 is 0 Å². The Bertz CT molecular complexity index is 602. The second-order valence-corrected chi connectivity index (χ2v) is 6.00. The minimum Gasteiger partial charge on any atom is -0.313 e. The van der Waals surface area contributed by atoms with Crippen LogP contribution in [-0.2, 0) is 6.54 Å². The largest absolute Gasteiger partial charge is 0.313 e. The summed E-state index contributed by atoms with van der Waals surface area (Å²) in [6.45, 7) is 3.75. The maximum Gasteiger partial charge on any atom is 0.0514 e. The molecule has 0 aliphatic carbocycles. The second kappa shape index (κ2) is 7.02. The molecule has 0 heterocycles. The van der Waals surface area contributed by atoms with Crippen LogP contribution in [0.5, 0.6) is 0 Å². The van der Waals surface area contributed by atoms with Crippen molar-refractivity contribution in [2.24, 2.45) is 0 Å². The number of rotatable bonds is 4. The van der Waals surface area contributed by atoms with E-state index < -0.39 is 0 Å². The molecule has 0 aromatic heterocycles. The summed E-state index contributed by atoms with van der Waals surface area (Å²) >= 11 is 24.7. The molecule has 0 fully saturated rings. The van der Waals surface area contributed by atoms with E-state index in [1.165, 1.54) is 0 Å². The van der Waals surface area contributed by atoms with Crippen molar-refractivity contribution in [3.8, 4) is 11.1 Å². The molecule has 1 N–H and O–H groups in total. The zero-order chi connectivity index (χ0) is 14.7. The summed E-state index contributed by atoms with van der Waals surface area (Å²) in [4.78, 5) is 0. The molecule has 0 radical (unpaired) electrons. The molecule has 2 aromatic carbocycles. The molecule has 2 aromatic rings. The molecule has 0 aliphatic rings. The van der Waals surface area contributed by atoms with Crippen LogP contribution in [0.15, 0.2) is 30.3 Å². The summed E-state index contributed by atoms with van der Waals surface area (Å²) in [5.74, 6) is 0. The maximum atomic E-state index is 6.35. The van der Waals surface area contributed by atoms with Gasteiger partial charge in [0, 0.05) is 27.7 Å². The van der Waals surface area contributed by atoms with E-state index in [1.54, 1.807) is 12.1 Å². The Morgan fingerprint density at radius 1 is 0.900 bits per heavy atom. The fourth-order valence-corrected chi connectivity index (χ4v) is 3.26. The zero-order valence-corrected chi connectivity index (χ0v) is 13.8. The van der Waals surface area contributed by atoms with Crippen molar-refractivity contribution in [3.05, 3.63) is 56.0 Å². The fraction of sp³-hybridized carbons (Fsp3) is 0.200. The third-order valence-electron chi connectivity index (χ3n) is 2.89. The molecule has 20 heavy (non-hydrogen) atoms. The van der Waals surface area contributed by atoms with Crippen molar-refractivity contribution >= 4 is 46.4 Å². The molecule has 0 spiro atoms. The van der Waals surface area contributed by atoms with Crippen LogP contribution in [0.4, 0.5) is 0 Å². The molecule has 5 heteroatoms. The highest BCUT2D eigenvalue weighted by Gasteiger charge is 2.13. The highest BCUT2D eigenvalue weighted by molar-refractivity contribution is 6.43. The molecule has 0 atom stereocenters. The van der Waals surface area contributed by atoms with E-state index in [2.05, 4.69) is 12.2 Å². The Labute approximate surface area is 138 Å². The van der Waals surface area contributed by atoms with E-state index in [4.69, 9.17) is 46.4 Å². The number of hydrogen-bond donors (Lipinski definition) is 1. The van der Waals surface area contributed by atoms with Crippen molar-refractivity contribution < 1.29 is 0 Å². The smallest absolute Gasteiger partial charge is 0.0514 e. The van der Waals surface area contributed by atoms with Crippen molar-refractivity contribution in [2.75, 3.05) is 6.54 Å². The van der Waals surface area contributed by atoms with Crippen molar-refractivity contribution in [1.82, 2.24) is 5.32 Å². The standard InChI is InChI=1S/C15H13Cl4N/c1-2-20-8-9-3-4-11(12(17)5-9)15-13(18)6-10(16)7-14(15)19/h3-7,20H,2,8H2,1H3. The molecular weight excluding hydrogens is 336 g/mol. The third-order valence-corrected chi connectivity index (χ3v) is 4.02.